The SMILES string of the molecule is O=C(C(O)CO)[C@@H](O)C(O)CO. The van der Waals surface area contributed by atoms with Crippen molar-refractivity contribution in [1.29, 1.82) is 0 Å². The van der Waals surface area contributed by atoms with E-state index in [-0.39, 0.29) is 0 Å². The van der Waals surface area contributed by atoms with E-state index >= 15 is 0 Å². The van der Waals surface area contributed by atoms with Gasteiger partial charge in [-0.25, -0.2) is 0 Å². The maximum Gasteiger partial charge on any atom is 0.194 e. The molecule has 0 aliphatic heterocycles. The molecule has 0 rings (SSSR count). The average Bonchev–Trinajstić information content (AvgIpc) is 2.12. The van der Waals surface area contributed by atoms with Gasteiger partial charge in [-0.2, -0.15) is 0 Å². The van der Waals surface area contributed by atoms with Crippen LogP contribution < -0.4 is 0 Å². The lowest BCUT2D eigenvalue weighted by molar-refractivity contribution is -0.144. The van der Waals surface area contributed by atoms with Crippen molar-refractivity contribution in [3.63, 3.8) is 0 Å². The predicted octanol–water partition coefficient (Wildman–Crippen LogP) is -3.38. The molecule has 0 saturated heterocycles. The average molecular weight is 180 g/mol. The lowest BCUT2D eigenvalue weighted by Crippen LogP contribution is -2.43. The number of hydrogen-bond donors (Lipinski definition) is 5. The van der Waals surface area contributed by atoms with Crippen molar-refractivity contribution in [2.24, 2.45) is 0 Å². The molecule has 0 saturated carbocycles. The lowest BCUT2D eigenvalue weighted by Gasteiger charge is -2.16. The second-order valence-corrected chi connectivity index (χ2v) is 2.30. The summed E-state index contributed by atoms with van der Waals surface area (Å²) in [4.78, 5) is 10.7. The van der Waals surface area contributed by atoms with Gasteiger partial charge in [-0.1, -0.05) is 0 Å². The topological polar surface area (TPSA) is 118 Å². The van der Waals surface area contributed by atoms with Gasteiger partial charge in [0.25, 0.3) is 0 Å². The monoisotopic (exact) mass is 180 g/mol. The smallest absolute Gasteiger partial charge is 0.194 e. The van der Waals surface area contributed by atoms with Gasteiger partial charge in [-0.05, 0) is 0 Å². The Morgan fingerprint density at radius 3 is 1.92 bits per heavy atom. The summed E-state index contributed by atoms with van der Waals surface area (Å²) in [5.41, 5.74) is 0. The minimum Gasteiger partial charge on any atom is -0.394 e. The number of aliphatic hydroxyl groups excluding tert-OH is 5. The maximum absolute atomic E-state index is 10.7. The quantitative estimate of drug-likeness (QED) is 0.301. The molecule has 2 unspecified atom stereocenters. The van der Waals surface area contributed by atoms with Crippen molar-refractivity contribution in [2.45, 2.75) is 18.3 Å². The Hall–Kier alpha value is -0.530. The van der Waals surface area contributed by atoms with Gasteiger partial charge in [-0.3, -0.25) is 4.79 Å². The van der Waals surface area contributed by atoms with Crippen LogP contribution >= 0.6 is 0 Å². The molecule has 0 spiro atoms. The zero-order valence-electron chi connectivity index (χ0n) is 6.29. The van der Waals surface area contributed by atoms with E-state index in [9.17, 15) is 4.79 Å². The fourth-order valence-corrected chi connectivity index (χ4v) is 0.577. The van der Waals surface area contributed by atoms with E-state index in [2.05, 4.69) is 0 Å². The molecule has 3 atom stereocenters. The second kappa shape index (κ2) is 5.18. The van der Waals surface area contributed by atoms with Crippen LogP contribution in [-0.4, -0.2) is 62.8 Å². The van der Waals surface area contributed by atoms with Crippen LogP contribution in [0.3, 0.4) is 0 Å². The predicted molar refractivity (Wildman–Crippen MR) is 37.2 cm³/mol. The van der Waals surface area contributed by atoms with Gasteiger partial charge in [0.2, 0.25) is 0 Å². The molecule has 0 aliphatic carbocycles. The Kier molecular flexibility index (Phi) is 4.95. The third-order valence-electron chi connectivity index (χ3n) is 1.34. The lowest BCUT2D eigenvalue weighted by atomic mass is 10.1. The highest BCUT2D eigenvalue weighted by Gasteiger charge is 2.28. The van der Waals surface area contributed by atoms with Crippen LogP contribution in [0.25, 0.3) is 0 Å². The van der Waals surface area contributed by atoms with Gasteiger partial charge in [0.15, 0.2) is 5.78 Å². The van der Waals surface area contributed by atoms with Gasteiger partial charge in [0.1, 0.15) is 18.3 Å². The van der Waals surface area contributed by atoms with Crippen LogP contribution in [0.2, 0.25) is 0 Å². The normalized spacial score (nSPS) is 18.4. The number of rotatable bonds is 5. The number of carbonyl (C=O) groups excluding carboxylic acids is 1. The van der Waals surface area contributed by atoms with E-state index in [4.69, 9.17) is 25.5 Å². The largest absolute Gasteiger partial charge is 0.394 e. The third-order valence-corrected chi connectivity index (χ3v) is 1.34. The molecule has 0 amide bonds. The first kappa shape index (κ1) is 11.5. The molecule has 0 fully saturated rings. The molecule has 0 bridgehead atoms. The molecule has 72 valence electrons. The molecular formula is C6H12O6. The first-order valence-corrected chi connectivity index (χ1v) is 3.34. The van der Waals surface area contributed by atoms with Gasteiger partial charge < -0.3 is 25.5 Å². The summed E-state index contributed by atoms with van der Waals surface area (Å²) in [7, 11) is 0. The molecule has 0 aromatic rings. The van der Waals surface area contributed by atoms with Crippen molar-refractivity contribution < 1.29 is 30.3 Å². The first-order valence-electron chi connectivity index (χ1n) is 3.34. The summed E-state index contributed by atoms with van der Waals surface area (Å²) < 4.78 is 0. The molecule has 0 heterocycles. The highest BCUT2D eigenvalue weighted by Crippen LogP contribution is 1.98. The first-order chi connectivity index (χ1) is 5.54. The number of ketones is 1. The molecule has 12 heavy (non-hydrogen) atoms. The van der Waals surface area contributed by atoms with Gasteiger partial charge in [0, 0.05) is 0 Å². The van der Waals surface area contributed by atoms with Crippen LogP contribution in [0.15, 0.2) is 0 Å². The second-order valence-electron chi connectivity index (χ2n) is 2.30. The minimum absolute atomic E-state index is 0.787. The van der Waals surface area contributed by atoms with E-state index in [1.165, 1.54) is 0 Å². The molecule has 0 radical (unpaired) electrons. The van der Waals surface area contributed by atoms with Gasteiger partial charge in [-0.15, -0.1) is 0 Å². The van der Waals surface area contributed by atoms with Crippen LogP contribution in [0.4, 0.5) is 0 Å². The third kappa shape index (κ3) is 2.84. The minimum atomic E-state index is -1.86. The summed E-state index contributed by atoms with van der Waals surface area (Å²) in [6.07, 6.45) is -5.21. The van der Waals surface area contributed by atoms with Crippen LogP contribution in [-0.2, 0) is 4.79 Å². The van der Waals surface area contributed by atoms with Crippen molar-refractivity contribution in [2.75, 3.05) is 13.2 Å². The summed E-state index contributed by atoms with van der Waals surface area (Å²) in [5.74, 6) is -1.11. The zero-order valence-corrected chi connectivity index (χ0v) is 6.29. The Bertz CT molecular complexity index is 147. The highest BCUT2D eigenvalue weighted by molar-refractivity contribution is 5.87. The molecule has 0 aromatic carbocycles. The summed E-state index contributed by atoms with van der Waals surface area (Å²) in [6.45, 7) is -1.61. The van der Waals surface area contributed by atoms with Crippen molar-refractivity contribution in [3.05, 3.63) is 0 Å². The highest BCUT2D eigenvalue weighted by atomic mass is 16.4. The number of hydrogen-bond acceptors (Lipinski definition) is 6. The van der Waals surface area contributed by atoms with Gasteiger partial charge in [0.05, 0.1) is 13.2 Å². The molecule has 0 aliphatic rings. The fraction of sp³-hybridized carbons (Fsp3) is 0.833. The van der Waals surface area contributed by atoms with E-state index in [1.54, 1.807) is 0 Å². The molecule has 6 nitrogen and oxygen atoms in total. The Labute approximate surface area is 68.7 Å². The van der Waals surface area contributed by atoms with Crippen molar-refractivity contribution in [1.82, 2.24) is 0 Å². The van der Waals surface area contributed by atoms with Crippen molar-refractivity contribution in [3.8, 4) is 0 Å². The Morgan fingerprint density at radius 1 is 1.08 bits per heavy atom. The van der Waals surface area contributed by atoms with Crippen LogP contribution in [0.1, 0.15) is 0 Å². The van der Waals surface area contributed by atoms with E-state index in [0.717, 1.165) is 0 Å². The zero-order chi connectivity index (χ0) is 9.72. The summed E-state index contributed by atoms with van der Waals surface area (Å²) in [5, 5.41) is 42.9. The number of Topliss-reactive ketones (excluding diaryl/α,β-unsaturated/α-hetero) is 1. The number of aliphatic hydroxyl groups is 5. The summed E-state index contributed by atoms with van der Waals surface area (Å²) >= 11 is 0. The van der Waals surface area contributed by atoms with Crippen LogP contribution in [0.5, 0.6) is 0 Å². The molecule has 6 heteroatoms. The maximum atomic E-state index is 10.7. The van der Waals surface area contributed by atoms with E-state index < -0.39 is 37.3 Å². The Balaban J connectivity index is 4.09. The molecule has 5 N–H and O–H groups in total. The van der Waals surface area contributed by atoms with Crippen LogP contribution in [0, 0.1) is 0 Å². The van der Waals surface area contributed by atoms with E-state index in [1.807, 2.05) is 0 Å². The fourth-order valence-electron chi connectivity index (χ4n) is 0.577. The number of carbonyl (C=O) groups is 1. The Morgan fingerprint density at radius 2 is 1.58 bits per heavy atom. The van der Waals surface area contributed by atoms with Gasteiger partial charge >= 0.3 is 0 Å². The summed E-state index contributed by atoms with van der Waals surface area (Å²) in [6, 6.07) is 0. The van der Waals surface area contributed by atoms with Crippen molar-refractivity contribution >= 4 is 5.78 Å². The van der Waals surface area contributed by atoms with E-state index in [0.29, 0.717) is 0 Å². The standard InChI is InChI=1S/C6H12O6/c7-1-3(9)5(11)6(12)4(10)2-8/h3-5,7-11H,1-2H2/t3?,4?,5-/m0/s1. The molecule has 0 aromatic heterocycles. The molecular weight excluding hydrogens is 168 g/mol.